The third kappa shape index (κ3) is 2.66. The van der Waals surface area contributed by atoms with Crippen LogP contribution in [0.25, 0.3) is 10.8 Å². The van der Waals surface area contributed by atoms with Crippen LogP contribution in [0.15, 0.2) is 42.5 Å². The summed E-state index contributed by atoms with van der Waals surface area (Å²) in [4.78, 5) is 0. The zero-order valence-electron chi connectivity index (χ0n) is 15.1. The van der Waals surface area contributed by atoms with E-state index in [0.29, 0.717) is 19.4 Å². The van der Waals surface area contributed by atoms with E-state index < -0.39 is 17.7 Å². The molecular weight excluding hydrogens is 332 g/mol. The minimum atomic E-state index is -0.677. The maximum absolute atomic E-state index is 9.84. The molecule has 0 radical (unpaired) electrons. The molecule has 2 heterocycles. The Hall–Kier alpha value is -1.50. The molecule has 2 saturated heterocycles. The molecule has 26 heavy (non-hydrogen) atoms. The van der Waals surface area contributed by atoms with Crippen LogP contribution in [0.3, 0.4) is 0 Å². The number of benzene rings is 2. The molecule has 5 nitrogen and oxygen atoms in total. The van der Waals surface area contributed by atoms with Crippen molar-refractivity contribution in [3.8, 4) is 0 Å². The summed E-state index contributed by atoms with van der Waals surface area (Å²) in [7, 11) is 0. The van der Waals surface area contributed by atoms with Crippen LogP contribution in [-0.2, 0) is 25.6 Å². The second kappa shape index (κ2) is 5.75. The Bertz CT molecular complexity index is 826. The molecule has 1 saturated carbocycles. The van der Waals surface area contributed by atoms with E-state index in [9.17, 15) is 5.11 Å². The van der Waals surface area contributed by atoms with Crippen molar-refractivity contribution in [3.05, 3.63) is 48.0 Å². The van der Waals surface area contributed by atoms with Gasteiger partial charge in [0.05, 0.1) is 12.7 Å². The van der Waals surface area contributed by atoms with Crippen LogP contribution in [0.5, 0.6) is 0 Å². The van der Waals surface area contributed by atoms with E-state index in [-0.39, 0.29) is 18.3 Å². The van der Waals surface area contributed by atoms with Crippen LogP contribution in [0, 0.1) is 0 Å². The molecule has 1 spiro atoms. The molecule has 138 valence electrons. The van der Waals surface area contributed by atoms with Gasteiger partial charge in [-0.25, -0.2) is 0 Å². The Kier molecular flexibility index (Phi) is 3.68. The third-order valence-corrected chi connectivity index (χ3v) is 5.66. The van der Waals surface area contributed by atoms with Crippen molar-refractivity contribution < 1.29 is 24.1 Å². The minimum Gasteiger partial charge on any atom is -0.393 e. The monoisotopic (exact) mass is 356 g/mol. The first-order valence-electron chi connectivity index (χ1n) is 9.25. The predicted octanol–water partition coefficient (Wildman–Crippen LogP) is 3.13. The molecule has 3 fully saturated rings. The summed E-state index contributed by atoms with van der Waals surface area (Å²) in [5, 5.41) is 12.3. The first-order chi connectivity index (χ1) is 12.4. The Morgan fingerprint density at radius 3 is 2.58 bits per heavy atom. The molecule has 1 aliphatic carbocycles. The predicted molar refractivity (Wildman–Crippen MR) is 95.4 cm³/mol. The summed E-state index contributed by atoms with van der Waals surface area (Å²) in [6.07, 6.45) is -0.153. The van der Waals surface area contributed by atoms with Gasteiger partial charge in [0.25, 0.3) is 0 Å². The van der Waals surface area contributed by atoms with Crippen LogP contribution in [0.2, 0.25) is 0 Å². The fraction of sp³-hybridized carbons (Fsp3) is 0.524. The Balaban J connectivity index is 1.36. The van der Waals surface area contributed by atoms with Gasteiger partial charge in [-0.15, -0.1) is 0 Å². The number of ether oxygens (including phenoxy) is 4. The van der Waals surface area contributed by atoms with E-state index in [1.807, 2.05) is 26.0 Å². The molecule has 5 rings (SSSR count). The van der Waals surface area contributed by atoms with Gasteiger partial charge in [-0.2, -0.15) is 0 Å². The molecule has 5 heteroatoms. The molecule has 0 unspecified atom stereocenters. The summed E-state index contributed by atoms with van der Waals surface area (Å²) in [6, 6.07) is 14.6. The second-order valence-corrected chi connectivity index (χ2v) is 8.13. The van der Waals surface area contributed by atoms with E-state index in [1.165, 1.54) is 10.8 Å². The van der Waals surface area contributed by atoms with Gasteiger partial charge >= 0.3 is 0 Å². The Morgan fingerprint density at radius 2 is 1.81 bits per heavy atom. The highest BCUT2D eigenvalue weighted by atomic mass is 16.8. The van der Waals surface area contributed by atoms with Crippen LogP contribution < -0.4 is 0 Å². The number of aliphatic hydroxyl groups excluding tert-OH is 1. The number of hydrogen-bond donors (Lipinski definition) is 1. The summed E-state index contributed by atoms with van der Waals surface area (Å²) < 4.78 is 24.4. The molecule has 0 amide bonds. The fourth-order valence-electron chi connectivity index (χ4n) is 4.48. The average Bonchev–Trinajstić information content (AvgIpc) is 3.01. The number of hydrogen-bond acceptors (Lipinski definition) is 5. The van der Waals surface area contributed by atoms with Crippen molar-refractivity contribution in [2.45, 2.75) is 69.3 Å². The third-order valence-electron chi connectivity index (χ3n) is 5.66. The normalized spacial score (nSPS) is 37.8. The van der Waals surface area contributed by atoms with E-state index in [2.05, 4.69) is 30.3 Å². The van der Waals surface area contributed by atoms with Gasteiger partial charge < -0.3 is 24.1 Å². The van der Waals surface area contributed by atoms with E-state index in [1.54, 1.807) is 0 Å². The van der Waals surface area contributed by atoms with E-state index in [0.717, 1.165) is 5.56 Å². The van der Waals surface area contributed by atoms with Gasteiger partial charge in [-0.3, -0.25) is 0 Å². The highest BCUT2D eigenvalue weighted by Gasteiger charge is 2.66. The van der Waals surface area contributed by atoms with Crippen LogP contribution in [-0.4, -0.2) is 41.1 Å². The van der Waals surface area contributed by atoms with E-state index in [4.69, 9.17) is 18.9 Å². The lowest BCUT2D eigenvalue weighted by atomic mass is 9.73. The van der Waals surface area contributed by atoms with Gasteiger partial charge in [-0.1, -0.05) is 36.4 Å². The van der Waals surface area contributed by atoms with Crippen LogP contribution in [0.4, 0.5) is 0 Å². The van der Waals surface area contributed by atoms with E-state index >= 15 is 0 Å². The Labute approximate surface area is 152 Å². The summed E-state index contributed by atoms with van der Waals surface area (Å²) in [6.45, 7) is 4.25. The fourth-order valence-corrected chi connectivity index (χ4v) is 4.48. The van der Waals surface area contributed by atoms with Crippen LogP contribution in [0.1, 0.15) is 32.3 Å². The first-order valence-corrected chi connectivity index (χ1v) is 9.25. The molecular formula is C21H24O5. The molecule has 0 bridgehead atoms. The quantitative estimate of drug-likeness (QED) is 0.916. The van der Waals surface area contributed by atoms with Crippen molar-refractivity contribution >= 4 is 10.8 Å². The molecule has 3 aliphatic rings. The largest absolute Gasteiger partial charge is 0.393 e. The molecule has 0 aromatic heterocycles. The van der Waals surface area contributed by atoms with Crippen molar-refractivity contribution in [2.75, 3.05) is 0 Å². The maximum Gasteiger partial charge on any atom is 0.190 e. The van der Waals surface area contributed by atoms with Gasteiger partial charge in [0.15, 0.2) is 12.1 Å². The molecule has 3 atom stereocenters. The summed E-state index contributed by atoms with van der Waals surface area (Å²) in [5.41, 5.74) is 0.614. The average molecular weight is 356 g/mol. The molecule has 1 N–H and O–H groups in total. The first kappa shape index (κ1) is 16.7. The van der Waals surface area contributed by atoms with Gasteiger partial charge in [0, 0.05) is 12.8 Å². The lowest BCUT2D eigenvalue weighted by Crippen LogP contribution is -2.57. The standard InChI is InChI=1S/C21H24O5/c1-20(2)24-17-18(21(10-16(22)11-21)26-19(17)25-20)23-12-13-7-8-14-5-3-4-6-15(14)9-13/h3-9,16-19,22H,10-12H2,1-2H3/t16-,17-,18+,19+,21+/m1/s1. The summed E-state index contributed by atoms with van der Waals surface area (Å²) in [5.74, 6) is -0.677. The number of aliphatic hydroxyl groups is 1. The smallest absolute Gasteiger partial charge is 0.190 e. The highest BCUT2D eigenvalue weighted by molar-refractivity contribution is 5.82. The molecule has 2 aromatic carbocycles. The highest BCUT2D eigenvalue weighted by Crippen LogP contribution is 2.52. The van der Waals surface area contributed by atoms with Gasteiger partial charge in [0.2, 0.25) is 0 Å². The Morgan fingerprint density at radius 1 is 1.04 bits per heavy atom. The lowest BCUT2D eigenvalue weighted by molar-refractivity contribution is -0.274. The zero-order valence-corrected chi connectivity index (χ0v) is 15.1. The second-order valence-electron chi connectivity index (χ2n) is 8.13. The number of fused-ring (bicyclic) bond motifs is 2. The van der Waals surface area contributed by atoms with Crippen molar-refractivity contribution in [2.24, 2.45) is 0 Å². The van der Waals surface area contributed by atoms with Crippen molar-refractivity contribution in [1.29, 1.82) is 0 Å². The molecule has 2 aromatic rings. The lowest BCUT2D eigenvalue weighted by Gasteiger charge is -2.46. The van der Waals surface area contributed by atoms with Gasteiger partial charge in [0.1, 0.15) is 17.8 Å². The van der Waals surface area contributed by atoms with Gasteiger partial charge in [-0.05, 0) is 36.2 Å². The minimum absolute atomic E-state index is 0.246. The van der Waals surface area contributed by atoms with Crippen molar-refractivity contribution in [3.63, 3.8) is 0 Å². The van der Waals surface area contributed by atoms with Crippen molar-refractivity contribution in [1.82, 2.24) is 0 Å². The number of rotatable bonds is 3. The zero-order chi connectivity index (χ0) is 17.9. The maximum atomic E-state index is 9.84. The topological polar surface area (TPSA) is 57.2 Å². The SMILES string of the molecule is CC1(C)O[C@H]2O[C@]3(C[C@@H](O)C3)[C@@H](OCc3ccc4ccccc4c3)[C@H]2O1. The molecule has 2 aliphatic heterocycles. The summed E-state index contributed by atoms with van der Waals surface area (Å²) >= 11 is 0. The van der Waals surface area contributed by atoms with Crippen LogP contribution >= 0.6 is 0 Å².